The van der Waals surface area contributed by atoms with E-state index in [1.807, 2.05) is 0 Å². The Morgan fingerprint density at radius 3 is 2.95 bits per heavy atom. The van der Waals surface area contributed by atoms with Crippen LogP contribution in [0, 0.1) is 12.8 Å². The zero-order chi connectivity index (χ0) is 14.4. The summed E-state index contributed by atoms with van der Waals surface area (Å²) >= 11 is 1.78. The van der Waals surface area contributed by atoms with Crippen molar-refractivity contribution >= 4 is 41.3 Å². The maximum atomic E-state index is 5.45. The number of nitrogens with one attached hydrogen (secondary N) is 1. The van der Waals surface area contributed by atoms with Crippen molar-refractivity contribution in [2.24, 2.45) is 10.9 Å². The molecule has 1 aromatic rings. The number of rotatable bonds is 5. The fourth-order valence-electron chi connectivity index (χ4n) is 2.38. The van der Waals surface area contributed by atoms with Gasteiger partial charge < -0.3 is 15.0 Å². The molecular weight excluding hydrogens is 397 g/mol. The van der Waals surface area contributed by atoms with Crippen molar-refractivity contribution in [3.05, 3.63) is 21.9 Å². The molecule has 1 aliphatic rings. The standard InChI is InChI=1S/C15H25N3OS.HI/c1-4-16-15(17-9-14-12(2)6-8-20-14)18(3)10-13-5-7-19-11-13;/h6,8,13H,4-5,7,9-11H2,1-3H3,(H,16,17);1H. The van der Waals surface area contributed by atoms with Gasteiger partial charge in [-0.15, -0.1) is 35.3 Å². The lowest BCUT2D eigenvalue weighted by atomic mass is 10.1. The third kappa shape index (κ3) is 5.75. The second-order valence-corrected chi connectivity index (χ2v) is 6.31. The molecule has 6 heteroatoms. The summed E-state index contributed by atoms with van der Waals surface area (Å²) in [6.07, 6.45) is 1.16. The molecule has 120 valence electrons. The molecule has 1 saturated heterocycles. The molecular formula is C15H26IN3OS. The van der Waals surface area contributed by atoms with Gasteiger partial charge >= 0.3 is 0 Å². The van der Waals surface area contributed by atoms with Crippen LogP contribution in [0.4, 0.5) is 0 Å². The maximum absolute atomic E-state index is 5.45. The highest BCUT2D eigenvalue weighted by Crippen LogP contribution is 2.17. The quantitative estimate of drug-likeness (QED) is 0.449. The minimum Gasteiger partial charge on any atom is -0.381 e. The average molecular weight is 423 g/mol. The van der Waals surface area contributed by atoms with Crippen LogP contribution in [-0.2, 0) is 11.3 Å². The third-order valence-electron chi connectivity index (χ3n) is 3.59. The Bertz CT molecular complexity index is 444. The zero-order valence-electron chi connectivity index (χ0n) is 13.1. The topological polar surface area (TPSA) is 36.9 Å². The second-order valence-electron chi connectivity index (χ2n) is 5.31. The second kappa shape index (κ2) is 9.63. The normalized spacial score (nSPS) is 18.4. The van der Waals surface area contributed by atoms with Crippen LogP contribution in [0.2, 0.25) is 0 Å². The fraction of sp³-hybridized carbons (Fsp3) is 0.667. The van der Waals surface area contributed by atoms with Crippen molar-refractivity contribution in [2.45, 2.75) is 26.8 Å². The summed E-state index contributed by atoms with van der Waals surface area (Å²) in [6.45, 7) is 8.71. The van der Waals surface area contributed by atoms with Crippen LogP contribution in [0.5, 0.6) is 0 Å². The van der Waals surface area contributed by atoms with Crippen LogP contribution in [0.1, 0.15) is 23.8 Å². The summed E-state index contributed by atoms with van der Waals surface area (Å²) in [5.41, 5.74) is 1.33. The van der Waals surface area contributed by atoms with Crippen LogP contribution in [-0.4, -0.2) is 44.2 Å². The number of ether oxygens (including phenoxy) is 1. The van der Waals surface area contributed by atoms with Gasteiger partial charge in [-0.1, -0.05) is 0 Å². The molecule has 0 aliphatic carbocycles. The van der Waals surface area contributed by atoms with Gasteiger partial charge in [0.15, 0.2) is 5.96 Å². The molecule has 0 amide bonds. The van der Waals surface area contributed by atoms with E-state index in [1.165, 1.54) is 10.4 Å². The van der Waals surface area contributed by atoms with Crippen molar-refractivity contribution in [1.29, 1.82) is 0 Å². The minimum atomic E-state index is 0. The van der Waals surface area contributed by atoms with E-state index < -0.39 is 0 Å². The molecule has 1 aliphatic heterocycles. The van der Waals surface area contributed by atoms with E-state index in [0.29, 0.717) is 5.92 Å². The van der Waals surface area contributed by atoms with Crippen molar-refractivity contribution in [3.63, 3.8) is 0 Å². The van der Waals surface area contributed by atoms with Gasteiger partial charge in [0.2, 0.25) is 0 Å². The number of guanidine groups is 1. The van der Waals surface area contributed by atoms with Crippen LogP contribution in [0.15, 0.2) is 16.4 Å². The molecule has 4 nitrogen and oxygen atoms in total. The van der Waals surface area contributed by atoms with Gasteiger partial charge in [0.05, 0.1) is 13.2 Å². The molecule has 1 N–H and O–H groups in total. The number of thiophene rings is 1. The molecule has 1 atom stereocenters. The maximum Gasteiger partial charge on any atom is 0.194 e. The predicted molar refractivity (Wildman–Crippen MR) is 101 cm³/mol. The highest BCUT2D eigenvalue weighted by atomic mass is 127. The number of hydrogen-bond donors (Lipinski definition) is 1. The van der Waals surface area contributed by atoms with E-state index in [4.69, 9.17) is 9.73 Å². The lowest BCUT2D eigenvalue weighted by Gasteiger charge is -2.24. The Balaban J connectivity index is 0.00000220. The molecule has 2 heterocycles. The molecule has 0 spiro atoms. The molecule has 1 unspecified atom stereocenters. The molecule has 21 heavy (non-hydrogen) atoms. The van der Waals surface area contributed by atoms with E-state index in [1.54, 1.807) is 11.3 Å². The van der Waals surface area contributed by atoms with Crippen molar-refractivity contribution in [1.82, 2.24) is 10.2 Å². The lowest BCUT2D eigenvalue weighted by Crippen LogP contribution is -2.41. The average Bonchev–Trinajstić information content (AvgIpc) is 3.06. The molecule has 0 radical (unpaired) electrons. The van der Waals surface area contributed by atoms with Gasteiger partial charge in [-0.05, 0) is 37.3 Å². The third-order valence-corrected chi connectivity index (χ3v) is 4.60. The summed E-state index contributed by atoms with van der Waals surface area (Å²) in [7, 11) is 2.11. The SMILES string of the molecule is CCNC(=NCc1sccc1C)N(C)CC1CCOC1.I. The first-order valence-corrected chi connectivity index (χ1v) is 8.18. The zero-order valence-corrected chi connectivity index (χ0v) is 16.2. The van der Waals surface area contributed by atoms with Gasteiger partial charge in [0.1, 0.15) is 0 Å². The van der Waals surface area contributed by atoms with Gasteiger partial charge in [-0.3, -0.25) is 0 Å². The van der Waals surface area contributed by atoms with Crippen LogP contribution in [0.3, 0.4) is 0 Å². The van der Waals surface area contributed by atoms with E-state index in [9.17, 15) is 0 Å². The Kier molecular flexibility index (Phi) is 8.58. The Morgan fingerprint density at radius 1 is 1.57 bits per heavy atom. The Labute approximate surface area is 149 Å². The van der Waals surface area contributed by atoms with Crippen LogP contribution >= 0.6 is 35.3 Å². The predicted octanol–water partition coefficient (Wildman–Crippen LogP) is 3.11. The fourth-order valence-corrected chi connectivity index (χ4v) is 3.21. The van der Waals surface area contributed by atoms with E-state index in [2.05, 4.69) is 42.6 Å². The first kappa shape index (κ1) is 18.7. The summed E-state index contributed by atoms with van der Waals surface area (Å²) in [4.78, 5) is 8.33. The molecule has 2 rings (SSSR count). The van der Waals surface area contributed by atoms with E-state index in [0.717, 1.165) is 45.2 Å². The number of aliphatic imine (C=N–C) groups is 1. The van der Waals surface area contributed by atoms with E-state index in [-0.39, 0.29) is 24.0 Å². The number of nitrogens with zero attached hydrogens (tertiary/aromatic N) is 2. The highest BCUT2D eigenvalue weighted by Gasteiger charge is 2.19. The molecule has 0 saturated carbocycles. The Hall–Kier alpha value is -0.340. The number of hydrogen-bond acceptors (Lipinski definition) is 3. The van der Waals surface area contributed by atoms with Crippen molar-refractivity contribution < 1.29 is 4.74 Å². The summed E-state index contributed by atoms with van der Waals surface area (Å²) in [5, 5.41) is 5.51. The van der Waals surface area contributed by atoms with Gasteiger partial charge in [0.25, 0.3) is 0 Å². The smallest absolute Gasteiger partial charge is 0.194 e. The van der Waals surface area contributed by atoms with Crippen molar-refractivity contribution in [3.8, 4) is 0 Å². The summed E-state index contributed by atoms with van der Waals surface area (Å²) < 4.78 is 5.45. The van der Waals surface area contributed by atoms with Gasteiger partial charge in [0, 0.05) is 37.5 Å². The van der Waals surface area contributed by atoms with Crippen molar-refractivity contribution in [2.75, 3.05) is 33.4 Å². The van der Waals surface area contributed by atoms with E-state index >= 15 is 0 Å². The first-order valence-electron chi connectivity index (χ1n) is 7.31. The van der Waals surface area contributed by atoms with Crippen LogP contribution in [0.25, 0.3) is 0 Å². The highest BCUT2D eigenvalue weighted by molar-refractivity contribution is 14.0. The summed E-state index contributed by atoms with van der Waals surface area (Å²) in [6, 6.07) is 2.15. The molecule has 1 aromatic heterocycles. The minimum absolute atomic E-state index is 0. The lowest BCUT2D eigenvalue weighted by molar-refractivity contribution is 0.181. The van der Waals surface area contributed by atoms with Crippen LogP contribution < -0.4 is 5.32 Å². The molecule has 0 aromatic carbocycles. The molecule has 0 bridgehead atoms. The number of aryl methyl sites for hydroxylation is 1. The van der Waals surface area contributed by atoms with Gasteiger partial charge in [-0.2, -0.15) is 0 Å². The van der Waals surface area contributed by atoms with Gasteiger partial charge in [-0.25, -0.2) is 4.99 Å². The monoisotopic (exact) mass is 423 g/mol. The Morgan fingerprint density at radius 2 is 2.38 bits per heavy atom. The molecule has 1 fully saturated rings. The first-order chi connectivity index (χ1) is 9.70. The summed E-state index contributed by atoms with van der Waals surface area (Å²) in [5.74, 6) is 1.62. The number of halogens is 1. The largest absolute Gasteiger partial charge is 0.381 e.